The second-order valence-corrected chi connectivity index (χ2v) is 5.78. The van der Waals surface area contributed by atoms with E-state index in [1.54, 1.807) is 6.20 Å². The molecule has 1 unspecified atom stereocenters. The highest BCUT2D eigenvalue weighted by Gasteiger charge is 2.30. The van der Waals surface area contributed by atoms with Crippen molar-refractivity contribution in [3.8, 4) is 0 Å². The SMILES string of the molecule is Nc1cn2ccnc2c(N2CCCN3CCCC3C2)n1. The monoisotopic (exact) mass is 272 g/mol. The Morgan fingerprint density at radius 2 is 2.10 bits per heavy atom. The van der Waals surface area contributed by atoms with Crippen molar-refractivity contribution >= 4 is 17.3 Å². The minimum atomic E-state index is 0.554. The maximum absolute atomic E-state index is 5.94. The Bertz CT molecular complexity index is 621. The summed E-state index contributed by atoms with van der Waals surface area (Å²) in [5, 5.41) is 0. The van der Waals surface area contributed by atoms with Gasteiger partial charge in [-0.25, -0.2) is 9.97 Å². The zero-order valence-corrected chi connectivity index (χ0v) is 11.6. The highest BCUT2D eigenvalue weighted by atomic mass is 15.3. The van der Waals surface area contributed by atoms with Gasteiger partial charge in [0.15, 0.2) is 11.5 Å². The summed E-state index contributed by atoms with van der Waals surface area (Å²) in [5.74, 6) is 1.49. The number of rotatable bonds is 1. The lowest BCUT2D eigenvalue weighted by atomic mass is 10.2. The van der Waals surface area contributed by atoms with Gasteiger partial charge in [-0.3, -0.25) is 4.90 Å². The topological polar surface area (TPSA) is 62.7 Å². The number of anilines is 2. The van der Waals surface area contributed by atoms with Gasteiger partial charge < -0.3 is 15.0 Å². The molecule has 2 N–H and O–H groups in total. The molecule has 0 radical (unpaired) electrons. The van der Waals surface area contributed by atoms with Gasteiger partial charge in [0.25, 0.3) is 0 Å². The standard InChI is InChI=1S/C14H20N6/c15-12-10-20-8-4-16-13(20)14(17-12)19-7-2-6-18-5-1-3-11(18)9-19/h4,8,10-11H,1-3,5-7,9,15H2. The van der Waals surface area contributed by atoms with E-state index in [2.05, 4.69) is 19.8 Å². The smallest absolute Gasteiger partial charge is 0.180 e. The second kappa shape index (κ2) is 4.63. The van der Waals surface area contributed by atoms with Crippen LogP contribution < -0.4 is 10.6 Å². The van der Waals surface area contributed by atoms with Crippen LogP contribution in [-0.2, 0) is 0 Å². The molecule has 6 heteroatoms. The Morgan fingerprint density at radius 1 is 1.20 bits per heavy atom. The third-order valence-corrected chi connectivity index (χ3v) is 4.48. The van der Waals surface area contributed by atoms with Gasteiger partial charge in [0.2, 0.25) is 0 Å². The maximum Gasteiger partial charge on any atom is 0.180 e. The van der Waals surface area contributed by atoms with Crippen LogP contribution >= 0.6 is 0 Å². The molecule has 20 heavy (non-hydrogen) atoms. The van der Waals surface area contributed by atoms with Gasteiger partial charge in [-0.2, -0.15) is 0 Å². The summed E-state index contributed by atoms with van der Waals surface area (Å²) in [4.78, 5) is 14.0. The Kier molecular flexibility index (Phi) is 2.77. The largest absolute Gasteiger partial charge is 0.382 e. The van der Waals surface area contributed by atoms with Crippen molar-refractivity contribution < 1.29 is 0 Å². The average molecular weight is 272 g/mol. The quantitative estimate of drug-likeness (QED) is 0.838. The Balaban J connectivity index is 1.72. The molecule has 6 nitrogen and oxygen atoms in total. The molecular formula is C14H20N6. The highest BCUT2D eigenvalue weighted by molar-refractivity contribution is 5.66. The number of imidazole rings is 1. The molecule has 0 saturated carbocycles. The predicted molar refractivity (Wildman–Crippen MR) is 78.8 cm³/mol. The van der Waals surface area contributed by atoms with Crippen LogP contribution in [0.5, 0.6) is 0 Å². The summed E-state index contributed by atoms with van der Waals surface area (Å²) in [7, 11) is 0. The van der Waals surface area contributed by atoms with E-state index < -0.39 is 0 Å². The molecule has 2 fully saturated rings. The van der Waals surface area contributed by atoms with E-state index >= 15 is 0 Å². The lowest BCUT2D eigenvalue weighted by Crippen LogP contribution is -2.37. The predicted octanol–water partition coefficient (Wildman–Crippen LogP) is 0.986. The second-order valence-electron chi connectivity index (χ2n) is 5.78. The van der Waals surface area contributed by atoms with Crippen molar-refractivity contribution in [2.75, 3.05) is 36.8 Å². The molecular weight excluding hydrogens is 252 g/mol. The molecule has 2 aromatic heterocycles. The molecule has 4 rings (SSSR count). The van der Waals surface area contributed by atoms with Gasteiger partial charge in [0.1, 0.15) is 5.82 Å². The van der Waals surface area contributed by atoms with E-state index in [0.717, 1.165) is 24.6 Å². The first-order chi connectivity index (χ1) is 9.81. The maximum atomic E-state index is 5.94. The number of nitrogen functional groups attached to an aromatic ring is 1. The first-order valence-electron chi connectivity index (χ1n) is 7.39. The van der Waals surface area contributed by atoms with E-state index in [9.17, 15) is 0 Å². The molecule has 0 aromatic carbocycles. The van der Waals surface area contributed by atoms with E-state index in [1.165, 1.54) is 32.4 Å². The van der Waals surface area contributed by atoms with E-state index in [-0.39, 0.29) is 0 Å². The van der Waals surface area contributed by atoms with E-state index in [4.69, 9.17) is 5.73 Å². The van der Waals surface area contributed by atoms with Gasteiger partial charge in [0.05, 0.1) is 6.20 Å². The minimum absolute atomic E-state index is 0.554. The van der Waals surface area contributed by atoms with Crippen molar-refractivity contribution in [2.45, 2.75) is 25.3 Å². The lowest BCUT2D eigenvalue weighted by Gasteiger charge is -2.26. The van der Waals surface area contributed by atoms with Gasteiger partial charge in [-0.05, 0) is 25.8 Å². The van der Waals surface area contributed by atoms with Crippen molar-refractivity contribution in [1.82, 2.24) is 19.3 Å². The molecule has 2 saturated heterocycles. The fourth-order valence-corrected chi connectivity index (χ4v) is 3.55. The summed E-state index contributed by atoms with van der Waals surface area (Å²) >= 11 is 0. The molecule has 2 aliphatic heterocycles. The summed E-state index contributed by atoms with van der Waals surface area (Å²) in [5.41, 5.74) is 6.85. The molecule has 2 aromatic rings. The first-order valence-corrected chi connectivity index (χ1v) is 7.39. The fraction of sp³-hybridized carbons (Fsp3) is 0.571. The zero-order chi connectivity index (χ0) is 13.5. The molecule has 0 spiro atoms. The summed E-state index contributed by atoms with van der Waals surface area (Å²) in [6.07, 6.45) is 9.35. The molecule has 4 heterocycles. The minimum Gasteiger partial charge on any atom is -0.382 e. The van der Waals surface area contributed by atoms with Crippen molar-refractivity contribution in [1.29, 1.82) is 0 Å². The summed E-state index contributed by atoms with van der Waals surface area (Å²) in [6, 6.07) is 0.663. The lowest BCUT2D eigenvalue weighted by molar-refractivity contribution is 0.273. The summed E-state index contributed by atoms with van der Waals surface area (Å²) in [6.45, 7) is 4.53. The number of nitrogens with two attached hydrogens (primary N) is 1. The molecule has 0 bridgehead atoms. The van der Waals surface area contributed by atoms with E-state index in [0.29, 0.717) is 11.9 Å². The van der Waals surface area contributed by atoms with Crippen molar-refractivity contribution in [3.05, 3.63) is 18.6 Å². The fourth-order valence-electron chi connectivity index (χ4n) is 3.55. The van der Waals surface area contributed by atoms with Crippen LogP contribution in [0.15, 0.2) is 18.6 Å². The first kappa shape index (κ1) is 12.0. The molecule has 1 atom stereocenters. The number of hydrogen-bond donors (Lipinski definition) is 1. The highest BCUT2D eigenvalue weighted by Crippen LogP contribution is 2.26. The molecule has 106 valence electrons. The number of hydrogen-bond acceptors (Lipinski definition) is 5. The molecule has 0 aliphatic carbocycles. The Morgan fingerprint density at radius 3 is 3.05 bits per heavy atom. The van der Waals surface area contributed by atoms with Crippen LogP contribution in [0.4, 0.5) is 11.6 Å². The average Bonchev–Trinajstić information content (AvgIpc) is 3.02. The van der Waals surface area contributed by atoms with E-state index in [1.807, 2.05) is 16.8 Å². The van der Waals surface area contributed by atoms with Gasteiger partial charge in [-0.1, -0.05) is 0 Å². The van der Waals surface area contributed by atoms with Gasteiger partial charge in [0, 0.05) is 38.1 Å². The van der Waals surface area contributed by atoms with Gasteiger partial charge in [-0.15, -0.1) is 0 Å². The third kappa shape index (κ3) is 1.91. The van der Waals surface area contributed by atoms with Crippen molar-refractivity contribution in [2.24, 2.45) is 0 Å². The zero-order valence-electron chi connectivity index (χ0n) is 11.6. The van der Waals surface area contributed by atoms with Gasteiger partial charge >= 0.3 is 0 Å². The van der Waals surface area contributed by atoms with Crippen LogP contribution in [0.2, 0.25) is 0 Å². The number of nitrogens with zero attached hydrogens (tertiary/aromatic N) is 5. The van der Waals surface area contributed by atoms with Crippen molar-refractivity contribution in [3.63, 3.8) is 0 Å². The molecule has 0 amide bonds. The van der Waals surface area contributed by atoms with Crippen LogP contribution in [-0.4, -0.2) is 51.5 Å². The van der Waals surface area contributed by atoms with Crippen LogP contribution in [0.25, 0.3) is 5.65 Å². The molecule has 2 aliphatic rings. The number of fused-ring (bicyclic) bond motifs is 2. The summed E-state index contributed by atoms with van der Waals surface area (Å²) < 4.78 is 1.97. The van der Waals surface area contributed by atoms with Crippen LogP contribution in [0, 0.1) is 0 Å². The van der Waals surface area contributed by atoms with Crippen LogP contribution in [0.1, 0.15) is 19.3 Å². The Labute approximate surface area is 118 Å². The Hall–Kier alpha value is -1.82. The number of aromatic nitrogens is 3. The van der Waals surface area contributed by atoms with Crippen LogP contribution in [0.3, 0.4) is 0 Å². The third-order valence-electron chi connectivity index (χ3n) is 4.48. The normalized spacial score (nSPS) is 24.0.